The van der Waals surface area contributed by atoms with E-state index in [2.05, 4.69) is 38.3 Å². The third-order valence-corrected chi connectivity index (χ3v) is 7.07. The monoisotopic (exact) mass is 493 g/mol. The van der Waals surface area contributed by atoms with Crippen LogP contribution >= 0.6 is 0 Å². The summed E-state index contributed by atoms with van der Waals surface area (Å²) in [7, 11) is 3.76. The molecule has 2 aromatic heterocycles. The summed E-state index contributed by atoms with van der Waals surface area (Å²) < 4.78 is 12.9. The van der Waals surface area contributed by atoms with Crippen molar-refractivity contribution in [2.75, 3.05) is 56.3 Å². The number of carbonyl (C=O) groups is 1. The van der Waals surface area contributed by atoms with E-state index in [0.717, 1.165) is 35.6 Å². The van der Waals surface area contributed by atoms with Gasteiger partial charge in [0.15, 0.2) is 5.82 Å². The molecule has 0 radical (unpaired) electrons. The second-order valence-electron chi connectivity index (χ2n) is 11.0. The molecule has 4 heterocycles. The Morgan fingerprint density at radius 2 is 1.89 bits per heavy atom. The lowest BCUT2D eigenvalue weighted by Crippen LogP contribution is -2.58. The van der Waals surface area contributed by atoms with Crippen molar-refractivity contribution < 1.29 is 14.3 Å². The maximum absolute atomic E-state index is 12.3. The Bertz CT molecular complexity index is 1280. The van der Waals surface area contributed by atoms with Gasteiger partial charge in [-0.25, -0.2) is 14.3 Å². The number of piperidine rings is 1. The van der Waals surface area contributed by atoms with Crippen LogP contribution in [0, 0.1) is 5.41 Å². The summed E-state index contributed by atoms with van der Waals surface area (Å²) in [6.45, 7) is 9.78. The molecule has 10 heteroatoms. The largest absolute Gasteiger partial charge is 0.495 e. The van der Waals surface area contributed by atoms with Crippen LogP contribution in [0.5, 0.6) is 5.75 Å². The molecule has 192 valence electrons. The number of rotatable bonds is 4. The van der Waals surface area contributed by atoms with Gasteiger partial charge in [0.05, 0.1) is 12.8 Å². The number of fused-ring (bicyclic) bond motifs is 1. The van der Waals surface area contributed by atoms with Crippen molar-refractivity contribution in [1.82, 2.24) is 19.5 Å². The van der Waals surface area contributed by atoms with Crippen molar-refractivity contribution in [2.24, 2.45) is 5.41 Å². The number of ether oxygens (including phenoxy) is 2. The zero-order chi connectivity index (χ0) is 25.7. The fraction of sp³-hybridized carbons (Fsp3) is 0.500. The van der Waals surface area contributed by atoms with Gasteiger partial charge >= 0.3 is 6.09 Å². The first-order valence-electron chi connectivity index (χ1n) is 12.3. The van der Waals surface area contributed by atoms with Gasteiger partial charge in [0, 0.05) is 31.7 Å². The highest BCUT2D eigenvalue weighted by molar-refractivity contribution is 5.93. The quantitative estimate of drug-likeness (QED) is 0.564. The van der Waals surface area contributed by atoms with Gasteiger partial charge in [-0.15, -0.1) is 0 Å². The lowest BCUT2D eigenvalue weighted by atomic mass is 9.72. The molecule has 3 aromatic rings. The number of nitrogens with zero attached hydrogens (tertiary/aromatic N) is 5. The number of nitrogens with one attached hydrogen (secondary N) is 1. The van der Waals surface area contributed by atoms with Crippen LogP contribution in [0.4, 0.5) is 22.1 Å². The summed E-state index contributed by atoms with van der Waals surface area (Å²) in [4.78, 5) is 21.3. The zero-order valence-corrected chi connectivity index (χ0v) is 21.7. The van der Waals surface area contributed by atoms with Crippen LogP contribution in [-0.2, 0) is 4.74 Å². The van der Waals surface area contributed by atoms with Crippen LogP contribution in [-0.4, -0.2) is 71.5 Å². The molecule has 5 rings (SSSR count). The molecule has 0 unspecified atom stereocenters. The van der Waals surface area contributed by atoms with Crippen molar-refractivity contribution in [2.45, 2.75) is 39.2 Å². The molecule has 3 N–H and O–H groups in total. The molecule has 1 spiro atoms. The molecule has 0 atom stereocenters. The molecule has 0 bridgehead atoms. The molecule has 1 amide bonds. The number of carbonyl (C=O) groups excluding carboxylic acids is 1. The number of anilines is 3. The smallest absolute Gasteiger partial charge is 0.412 e. The number of likely N-dealkylation sites (tertiary alicyclic amines) is 1. The van der Waals surface area contributed by atoms with Gasteiger partial charge in [0.25, 0.3) is 0 Å². The fourth-order valence-corrected chi connectivity index (χ4v) is 5.50. The Morgan fingerprint density at radius 1 is 1.17 bits per heavy atom. The number of hydrogen-bond donors (Lipinski definition) is 2. The first-order valence-corrected chi connectivity index (χ1v) is 12.3. The molecule has 2 aliphatic rings. The molecule has 0 saturated carbocycles. The second-order valence-corrected chi connectivity index (χ2v) is 11.0. The second kappa shape index (κ2) is 8.85. The number of benzene rings is 1. The maximum atomic E-state index is 12.3. The van der Waals surface area contributed by atoms with Crippen molar-refractivity contribution in [3.8, 4) is 16.9 Å². The molecule has 1 aromatic carbocycles. The van der Waals surface area contributed by atoms with Gasteiger partial charge in [-0.05, 0) is 69.8 Å². The predicted octanol–water partition coefficient (Wildman–Crippen LogP) is 3.87. The Labute approximate surface area is 211 Å². The summed E-state index contributed by atoms with van der Waals surface area (Å²) in [5.41, 5.74) is 9.29. The van der Waals surface area contributed by atoms with Crippen LogP contribution in [0.3, 0.4) is 0 Å². The Kier molecular flexibility index (Phi) is 5.94. The van der Waals surface area contributed by atoms with E-state index in [4.69, 9.17) is 15.2 Å². The minimum absolute atomic E-state index is 0.412. The SMILES string of the molecule is COc1cc(-c2cc(N3CCC4(CC3)CN(C)C4)n3ncnc(N)c23)ccc1NC(=O)OC(C)(C)C. The molecule has 2 saturated heterocycles. The van der Waals surface area contributed by atoms with Crippen molar-refractivity contribution in [3.63, 3.8) is 0 Å². The normalized spacial score (nSPS) is 17.8. The van der Waals surface area contributed by atoms with Gasteiger partial charge in [-0.2, -0.15) is 5.10 Å². The van der Waals surface area contributed by atoms with Crippen LogP contribution in [0.25, 0.3) is 16.6 Å². The van der Waals surface area contributed by atoms with E-state index >= 15 is 0 Å². The van der Waals surface area contributed by atoms with Gasteiger partial charge in [-0.1, -0.05) is 6.07 Å². The number of hydrogen-bond acceptors (Lipinski definition) is 8. The van der Waals surface area contributed by atoms with Gasteiger partial charge in [0.2, 0.25) is 0 Å². The van der Waals surface area contributed by atoms with Crippen molar-refractivity contribution in [1.29, 1.82) is 0 Å². The van der Waals surface area contributed by atoms with Crippen LogP contribution in [0.2, 0.25) is 0 Å². The highest BCUT2D eigenvalue weighted by Gasteiger charge is 2.43. The number of nitrogens with two attached hydrogens (primary N) is 1. The Hall–Kier alpha value is -3.53. The van der Waals surface area contributed by atoms with E-state index in [1.807, 2.05) is 37.4 Å². The molecular weight excluding hydrogens is 458 g/mol. The third kappa shape index (κ3) is 4.53. The molecule has 0 aliphatic carbocycles. The molecule has 2 aliphatic heterocycles. The number of methoxy groups -OCH3 is 1. The topological polar surface area (TPSA) is 110 Å². The number of amides is 1. The van der Waals surface area contributed by atoms with Crippen molar-refractivity contribution in [3.05, 3.63) is 30.6 Å². The molecule has 10 nitrogen and oxygen atoms in total. The van der Waals surface area contributed by atoms with E-state index in [1.54, 1.807) is 13.2 Å². The summed E-state index contributed by atoms with van der Waals surface area (Å²) in [6.07, 6.45) is 3.29. The maximum Gasteiger partial charge on any atom is 0.412 e. The average molecular weight is 494 g/mol. The van der Waals surface area contributed by atoms with E-state index in [1.165, 1.54) is 32.3 Å². The minimum Gasteiger partial charge on any atom is -0.495 e. The molecular formula is C26H35N7O3. The minimum atomic E-state index is -0.598. The van der Waals surface area contributed by atoms with E-state index < -0.39 is 11.7 Å². The summed E-state index contributed by atoms with van der Waals surface area (Å²) in [5, 5.41) is 7.32. The lowest BCUT2D eigenvalue weighted by Gasteiger charge is -2.53. The van der Waals surface area contributed by atoms with Crippen LogP contribution in [0.15, 0.2) is 30.6 Å². The third-order valence-electron chi connectivity index (χ3n) is 7.07. The predicted molar refractivity (Wildman–Crippen MR) is 141 cm³/mol. The number of nitrogen functional groups attached to an aromatic ring is 1. The standard InChI is InChI=1S/C26H35N7O3/c1-25(2,3)36-24(34)30-19-7-6-17(12-20(19)35-5)18-13-21(33-22(18)23(27)28-16-29-33)32-10-8-26(9-11-32)14-31(4)15-26/h6-7,12-13,16H,8-11,14-15H2,1-5H3,(H,30,34)(H2,27,28,29). The fourth-order valence-electron chi connectivity index (χ4n) is 5.50. The van der Waals surface area contributed by atoms with Gasteiger partial charge < -0.3 is 25.0 Å². The molecule has 36 heavy (non-hydrogen) atoms. The van der Waals surface area contributed by atoms with Crippen molar-refractivity contribution >= 4 is 28.9 Å². The zero-order valence-electron chi connectivity index (χ0n) is 21.7. The van der Waals surface area contributed by atoms with Gasteiger partial charge in [0.1, 0.15) is 29.0 Å². The summed E-state index contributed by atoms with van der Waals surface area (Å²) >= 11 is 0. The summed E-state index contributed by atoms with van der Waals surface area (Å²) in [5.74, 6) is 1.94. The van der Waals surface area contributed by atoms with E-state index in [9.17, 15) is 4.79 Å². The number of aromatic nitrogens is 3. The van der Waals surface area contributed by atoms with Crippen LogP contribution in [0.1, 0.15) is 33.6 Å². The highest BCUT2D eigenvalue weighted by atomic mass is 16.6. The first-order chi connectivity index (χ1) is 17.1. The average Bonchev–Trinajstić information content (AvgIpc) is 3.19. The Balaban J connectivity index is 1.46. The first kappa shape index (κ1) is 24.2. The van der Waals surface area contributed by atoms with Gasteiger partial charge in [-0.3, -0.25) is 5.32 Å². The lowest BCUT2D eigenvalue weighted by molar-refractivity contribution is 0.00117. The summed E-state index contributed by atoms with van der Waals surface area (Å²) in [6, 6.07) is 7.74. The molecule has 2 fully saturated rings. The van der Waals surface area contributed by atoms with Crippen LogP contribution < -0.4 is 20.7 Å². The highest BCUT2D eigenvalue weighted by Crippen LogP contribution is 2.42. The Morgan fingerprint density at radius 3 is 2.53 bits per heavy atom. The van der Waals surface area contributed by atoms with E-state index in [0.29, 0.717) is 22.7 Å². The van der Waals surface area contributed by atoms with E-state index in [-0.39, 0.29) is 0 Å².